The van der Waals surface area contributed by atoms with Crippen LogP contribution in [0.1, 0.15) is 54.4 Å². The maximum absolute atomic E-state index is 13.2. The molecule has 40 heavy (non-hydrogen) atoms. The summed E-state index contributed by atoms with van der Waals surface area (Å²) >= 11 is 0. The fourth-order valence-corrected chi connectivity index (χ4v) is 10.3. The minimum absolute atomic E-state index is 0. The van der Waals surface area contributed by atoms with Crippen molar-refractivity contribution in [3.63, 3.8) is 0 Å². The molecule has 2 nitrogen and oxygen atoms in total. The molecule has 1 fully saturated rings. The van der Waals surface area contributed by atoms with Gasteiger partial charge < -0.3 is 9.03 Å². The summed E-state index contributed by atoms with van der Waals surface area (Å²) in [6.45, 7) is 13.8. The Bertz CT molecular complexity index is 1240. The van der Waals surface area contributed by atoms with E-state index in [1.807, 2.05) is 0 Å². The van der Waals surface area contributed by atoms with Gasteiger partial charge in [-0.2, -0.15) is 0 Å². The van der Waals surface area contributed by atoms with Crippen molar-refractivity contribution >= 4 is 36.1 Å². The van der Waals surface area contributed by atoms with Gasteiger partial charge in [-0.15, -0.1) is 11.1 Å². The summed E-state index contributed by atoms with van der Waals surface area (Å²) in [5, 5.41) is 0. The van der Waals surface area contributed by atoms with E-state index in [1.165, 1.54) is 65.5 Å². The molecule has 208 valence electrons. The van der Waals surface area contributed by atoms with E-state index in [0.717, 1.165) is 12.5 Å². The molecule has 5 rings (SSSR count). The predicted octanol–water partition coefficient (Wildman–Crippen LogP) is 8.61. The van der Waals surface area contributed by atoms with Crippen molar-refractivity contribution in [2.24, 2.45) is 5.92 Å². The van der Waals surface area contributed by atoms with Crippen LogP contribution in [0.2, 0.25) is 45.3 Å². The van der Waals surface area contributed by atoms with Crippen molar-refractivity contribution in [2.75, 3.05) is 7.05 Å². The minimum Gasteiger partial charge on any atom is -0.377 e. The molecule has 0 unspecified atom stereocenters. The maximum atomic E-state index is 13.2. The third-order valence-electron chi connectivity index (χ3n) is 7.79. The number of hydrogen-bond donors (Lipinski definition) is 0. The van der Waals surface area contributed by atoms with Crippen LogP contribution in [-0.2, 0) is 32.6 Å². The van der Waals surface area contributed by atoms with Gasteiger partial charge in [-0.1, -0.05) is 119 Å². The molecule has 0 amide bonds. The van der Waals surface area contributed by atoms with Gasteiger partial charge in [0, 0.05) is 25.1 Å². The zero-order chi connectivity index (χ0) is 28.2. The first-order chi connectivity index (χ1) is 18.4. The summed E-state index contributed by atoms with van der Waals surface area (Å²) < 4.78 is 15.4. The van der Waals surface area contributed by atoms with Crippen LogP contribution in [0.25, 0.3) is 11.1 Å². The molecule has 0 aromatic heterocycles. The van der Waals surface area contributed by atoms with Gasteiger partial charge in [0.05, 0.1) is 0 Å². The monoisotopic (exact) mass is 617 g/mol. The molecular formula is C34H47NOSi3Ti+2. The average molecular weight is 618 g/mol. The third kappa shape index (κ3) is 8.97. The normalized spacial score (nSPS) is 16.7. The van der Waals surface area contributed by atoms with Crippen molar-refractivity contribution in [1.29, 1.82) is 0 Å². The van der Waals surface area contributed by atoms with Crippen LogP contribution < -0.4 is 0 Å². The van der Waals surface area contributed by atoms with Crippen LogP contribution in [0.5, 0.6) is 0 Å². The van der Waals surface area contributed by atoms with Crippen molar-refractivity contribution < 1.29 is 26.2 Å². The molecule has 3 aliphatic rings. The molecule has 2 aromatic carbocycles. The third-order valence-corrected chi connectivity index (χ3v) is 11.8. The SMILES string of the molecule is CN(C1CCCCC1)[Si](=O)CC1C=C2C(=C1)c1ccccc1Cc1ccccc12.C[Si](C)(C)C#C[Si](C)(C)C.[Ti+2]. The molecule has 0 bridgehead atoms. The van der Waals surface area contributed by atoms with E-state index in [9.17, 15) is 4.46 Å². The topological polar surface area (TPSA) is 20.3 Å². The van der Waals surface area contributed by atoms with E-state index in [2.05, 4.69) is 123 Å². The fourth-order valence-electron chi connectivity index (χ4n) is 5.72. The van der Waals surface area contributed by atoms with Crippen molar-refractivity contribution in [3.8, 4) is 11.1 Å². The zero-order valence-corrected chi connectivity index (χ0v) is 30.3. The number of rotatable bonds is 4. The van der Waals surface area contributed by atoms with E-state index in [-0.39, 0.29) is 27.6 Å². The predicted molar refractivity (Wildman–Crippen MR) is 175 cm³/mol. The van der Waals surface area contributed by atoms with E-state index < -0.39 is 25.0 Å². The zero-order valence-electron chi connectivity index (χ0n) is 25.7. The van der Waals surface area contributed by atoms with Gasteiger partial charge in [-0.25, -0.2) is 0 Å². The molecule has 0 radical (unpaired) electrons. The van der Waals surface area contributed by atoms with Crippen LogP contribution >= 0.6 is 0 Å². The smallest absolute Gasteiger partial charge is 0.377 e. The Labute approximate surface area is 262 Å². The quantitative estimate of drug-likeness (QED) is 0.253. The van der Waals surface area contributed by atoms with Gasteiger partial charge in [0.2, 0.25) is 0 Å². The first-order valence-corrected chi connectivity index (χ1v) is 23.4. The summed E-state index contributed by atoms with van der Waals surface area (Å²) in [4.78, 5) is 0. The Morgan fingerprint density at radius 2 is 1.23 bits per heavy atom. The Hall–Kier alpha value is -1.56. The van der Waals surface area contributed by atoms with E-state index >= 15 is 0 Å². The molecular weight excluding hydrogens is 571 g/mol. The molecule has 0 spiro atoms. The summed E-state index contributed by atoms with van der Waals surface area (Å²) in [5.74, 6) is 0.261. The fraction of sp³-hybridized carbons (Fsp3) is 0.471. The van der Waals surface area contributed by atoms with Crippen LogP contribution in [0.4, 0.5) is 0 Å². The molecule has 6 heteroatoms. The Morgan fingerprint density at radius 1 is 0.775 bits per heavy atom. The molecule has 2 aromatic rings. The van der Waals surface area contributed by atoms with Crippen LogP contribution in [0, 0.1) is 17.0 Å². The van der Waals surface area contributed by atoms with Gasteiger partial charge in [-0.3, -0.25) is 0 Å². The Kier molecular flexibility index (Phi) is 11.6. The van der Waals surface area contributed by atoms with Gasteiger partial charge in [0.15, 0.2) is 0 Å². The second-order valence-electron chi connectivity index (χ2n) is 13.6. The number of allylic oxidation sites excluding steroid dienone is 4. The van der Waals surface area contributed by atoms with Crippen molar-refractivity contribution in [3.05, 3.63) is 82.9 Å². The van der Waals surface area contributed by atoms with E-state index in [0.29, 0.717) is 6.04 Å². The summed E-state index contributed by atoms with van der Waals surface area (Å²) in [7, 11) is -1.85. The van der Waals surface area contributed by atoms with Crippen LogP contribution in [-0.4, -0.2) is 42.6 Å². The van der Waals surface area contributed by atoms with Crippen molar-refractivity contribution in [2.45, 2.75) is 89.9 Å². The minimum atomic E-state index is -1.76. The van der Waals surface area contributed by atoms with Crippen LogP contribution in [0.15, 0.2) is 60.7 Å². The van der Waals surface area contributed by atoms with Gasteiger partial charge >= 0.3 is 30.6 Å². The first kappa shape index (κ1) is 33.0. The molecule has 0 heterocycles. The maximum Gasteiger partial charge on any atom is 2.00 e. The first-order valence-electron chi connectivity index (χ1n) is 14.8. The average Bonchev–Trinajstić information content (AvgIpc) is 3.25. The largest absolute Gasteiger partial charge is 2.00 e. The van der Waals surface area contributed by atoms with E-state index in [1.54, 1.807) is 0 Å². The number of hydrogen-bond acceptors (Lipinski definition) is 1. The van der Waals surface area contributed by atoms with Gasteiger partial charge in [0.1, 0.15) is 16.1 Å². The standard InChI is InChI=1S/C26H29NOSi.C8H18Si2.Ti/c1-27(22-11-3-2-4-12-22)29(28)18-19-15-25-23-13-7-5-9-20(23)17-21-10-6-8-14-24(21)26(25)16-19;1-9(2,3)7-8-10(4,5)6;/h5-10,13-16,19,22H,2-4,11-12,17-18H2,1H3;1-6H3;/q;;+2. The molecule has 0 N–H and O–H groups in total. The number of nitrogens with zero attached hydrogens (tertiary/aromatic N) is 1. The Balaban J connectivity index is 0.000000346. The summed E-state index contributed by atoms with van der Waals surface area (Å²) in [6.07, 6.45) is 12.1. The second-order valence-corrected chi connectivity index (χ2v) is 25.0. The van der Waals surface area contributed by atoms with Crippen molar-refractivity contribution in [1.82, 2.24) is 4.57 Å². The van der Waals surface area contributed by atoms with Crippen LogP contribution in [0.3, 0.4) is 0 Å². The second kappa shape index (κ2) is 14.1. The van der Waals surface area contributed by atoms with Gasteiger partial charge in [0.25, 0.3) is 0 Å². The number of benzene rings is 2. The molecule has 0 atom stereocenters. The molecule has 0 aliphatic heterocycles. The molecule has 0 saturated heterocycles. The summed E-state index contributed by atoms with van der Waals surface area (Å²) in [5.41, 5.74) is 15.0. The number of fused-ring (bicyclic) bond motifs is 5. The summed E-state index contributed by atoms with van der Waals surface area (Å²) in [6, 6.07) is 18.8. The molecule has 1 saturated carbocycles. The molecule has 3 aliphatic carbocycles. The van der Waals surface area contributed by atoms with Gasteiger partial charge in [-0.05, 0) is 52.7 Å². The Morgan fingerprint density at radius 3 is 1.68 bits per heavy atom. The van der Waals surface area contributed by atoms with E-state index in [4.69, 9.17) is 0 Å².